The number of para-hydroxylation sites is 2. The summed E-state index contributed by atoms with van der Waals surface area (Å²) in [6, 6.07) is 6.97. The SMILES string of the molecule is Cn1c(=O)n(CC(=O)NS(C)(=O)=O)c2ccccc21. The second-order valence-electron chi connectivity index (χ2n) is 4.21. The molecular formula is C11H13N3O4S. The van der Waals surface area contributed by atoms with Gasteiger partial charge in [-0.05, 0) is 12.1 Å². The fourth-order valence-corrected chi connectivity index (χ4v) is 2.38. The fourth-order valence-electron chi connectivity index (χ4n) is 1.90. The van der Waals surface area contributed by atoms with Crippen molar-refractivity contribution in [2.24, 2.45) is 7.05 Å². The topological polar surface area (TPSA) is 90.2 Å². The lowest BCUT2D eigenvalue weighted by Gasteiger charge is -2.03. The third-order valence-corrected chi connectivity index (χ3v) is 3.25. The molecular weight excluding hydrogens is 270 g/mol. The number of nitrogens with one attached hydrogen (secondary N) is 1. The van der Waals surface area contributed by atoms with Crippen LogP contribution in [0.25, 0.3) is 11.0 Å². The van der Waals surface area contributed by atoms with Gasteiger partial charge in [0.1, 0.15) is 6.54 Å². The van der Waals surface area contributed by atoms with Crippen LogP contribution in [-0.2, 0) is 28.4 Å². The predicted molar refractivity (Wildman–Crippen MR) is 70.2 cm³/mol. The number of aromatic nitrogens is 2. The number of fused-ring (bicyclic) bond motifs is 1. The maximum absolute atomic E-state index is 12.0. The van der Waals surface area contributed by atoms with Crippen molar-refractivity contribution in [3.05, 3.63) is 34.7 Å². The number of benzene rings is 1. The summed E-state index contributed by atoms with van der Waals surface area (Å²) < 4.78 is 26.4. The van der Waals surface area contributed by atoms with Gasteiger partial charge in [-0.3, -0.25) is 18.7 Å². The van der Waals surface area contributed by atoms with Crippen LogP contribution in [0.3, 0.4) is 0 Å². The molecule has 0 aliphatic heterocycles. The van der Waals surface area contributed by atoms with Crippen LogP contribution in [0.4, 0.5) is 0 Å². The quantitative estimate of drug-likeness (QED) is 0.815. The fraction of sp³-hybridized carbons (Fsp3) is 0.273. The van der Waals surface area contributed by atoms with E-state index >= 15 is 0 Å². The Kier molecular flexibility index (Phi) is 3.19. The molecule has 8 heteroatoms. The molecule has 2 aromatic rings. The van der Waals surface area contributed by atoms with Gasteiger partial charge < -0.3 is 0 Å². The molecule has 102 valence electrons. The van der Waals surface area contributed by atoms with Gasteiger partial charge >= 0.3 is 5.69 Å². The molecule has 0 aliphatic carbocycles. The van der Waals surface area contributed by atoms with Gasteiger partial charge in [-0.2, -0.15) is 0 Å². The third kappa shape index (κ3) is 2.68. The van der Waals surface area contributed by atoms with Crippen molar-refractivity contribution in [1.82, 2.24) is 13.9 Å². The number of aryl methyl sites for hydroxylation is 1. The van der Waals surface area contributed by atoms with Gasteiger partial charge in [0, 0.05) is 7.05 Å². The number of hydrogen-bond acceptors (Lipinski definition) is 4. The Balaban J connectivity index is 2.44. The Labute approximate surface area is 109 Å². The van der Waals surface area contributed by atoms with Crippen molar-refractivity contribution in [3.8, 4) is 0 Å². The van der Waals surface area contributed by atoms with E-state index < -0.39 is 15.9 Å². The van der Waals surface area contributed by atoms with Crippen molar-refractivity contribution in [2.75, 3.05) is 6.26 Å². The first-order chi connectivity index (χ1) is 8.79. The Morgan fingerprint density at radius 1 is 1.26 bits per heavy atom. The number of nitrogens with zero attached hydrogens (tertiary/aromatic N) is 2. The van der Waals surface area contributed by atoms with Gasteiger partial charge in [0.15, 0.2) is 0 Å². The molecule has 1 N–H and O–H groups in total. The Morgan fingerprint density at radius 2 is 1.84 bits per heavy atom. The van der Waals surface area contributed by atoms with Crippen LogP contribution in [0.1, 0.15) is 0 Å². The number of carbonyl (C=O) groups excluding carboxylic acids is 1. The van der Waals surface area contributed by atoms with Crippen molar-refractivity contribution in [3.63, 3.8) is 0 Å². The van der Waals surface area contributed by atoms with Crippen molar-refractivity contribution < 1.29 is 13.2 Å². The van der Waals surface area contributed by atoms with Crippen LogP contribution in [-0.4, -0.2) is 29.7 Å². The molecule has 1 aromatic carbocycles. The van der Waals surface area contributed by atoms with Crippen LogP contribution in [0.2, 0.25) is 0 Å². The molecule has 1 heterocycles. The van der Waals surface area contributed by atoms with E-state index in [0.717, 1.165) is 6.26 Å². The highest BCUT2D eigenvalue weighted by Gasteiger charge is 2.15. The van der Waals surface area contributed by atoms with Crippen molar-refractivity contribution >= 4 is 27.0 Å². The van der Waals surface area contributed by atoms with E-state index in [1.807, 2.05) is 4.72 Å². The van der Waals surface area contributed by atoms with Crippen molar-refractivity contribution in [1.29, 1.82) is 0 Å². The lowest BCUT2D eigenvalue weighted by Crippen LogP contribution is -2.35. The minimum atomic E-state index is -3.62. The Morgan fingerprint density at radius 3 is 2.42 bits per heavy atom. The van der Waals surface area contributed by atoms with E-state index in [1.54, 1.807) is 31.3 Å². The third-order valence-electron chi connectivity index (χ3n) is 2.65. The second kappa shape index (κ2) is 4.54. The van der Waals surface area contributed by atoms with Crippen molar-refractivity contribution in [2.45, 2.75) is 6.54 Å². The lowest BCUT2D eigenvalue weighted by molar-refractivity contribution is -0.119. The maximum atomic E-state index is 12.0. The van der Waals surface area contributed by atoms with Crippen LogP contribution in [0.15, 0.2) is 29.1 Å². The summed E-state index contributed by atoms with van der Waals surface area (Å²) in [5, 5.41) is 0. The van der Waals surface area contributed by atoms with Crippen LogP contribution >= 0.6 is 0 Å². The maximum Gasteiger partial charge on any atom is 0.329 e. The van der Waals surface area contributed by atoms with Gasteiger partial charge in [0.05, 0.1) is 17.3 Å². The molecule has 7 nitrogen and oxygen atoms in total. The van der Waals surface area contributed by atoms with Gasteiger partial charge in [-0.25, -0.2) is 13.2 Å². The predicted octanol–water partition coefficient (Wildman–Crippen LogP) is -0.584. The average Bonchev–Trinajstić information content (AvgIpc) is 2.53. The summed E-state index contributed by atoms with van der Waals surface area (Å²) in [7, 11) is -2.03. The standard InChI is InChI=1S/C11H13N3O4S/c1-13-8-5-3-4-6-9(8)14(11(13)16)7-10(15)12-19(2,17)18/h3-6H,7H2,1-2H3,(H,12,15). The zero-order valence-corrected chi connectivity index (χ0v) is 11.3. The number of carbonyl (C=O) groups is 1. The molecule has 0 saturated heterocycles. The highest BCUT2D eigenvalue weighted by Crippen LogP contribution is 2.10. The summed E-state index contributed by atoms with van der Waals surface area (Å²) in [6.45, 7) is -0.340. The lowest BCUT2D eigenvalue weighted by atomic mass is 10.3. The number of imidazole rings is 1. The molecule has 0 saturated carbocycles. The minimum absolute atomic E-state index is 0.340. The summed E-state index contributed by atoms with van der Waals surface area (Å²) in [4.78, 5) is 23.6. The number of amides is 1. The molecule has 1 aromatic heterocycles. The summed E-state index contributed by atoms with van der Waals surface area (Å²) in [5.41, 5.74) is 0.892. The summed E-state index contributed by atoms with van der Waals surface area (Å²) in [5.74, 6) is -0.749. The van der Waals surface area contributed by atoms with E-state index in [0.29, 0.717) is 11.0 Å². The van der Waals surface area contributed by atoms with E-state index in [1.165, 1.54) is 9.13 Å². The molecule has 0 atom stereocenters. The first kappa shape index (κ1) is 13.3. The molecule has 0 aliphatic rings. The zero-order valence-electron chi connectivity index (χ0n) is 10.5. The average molecular weight is 283 g/mol. The first-order valence-electron chi connectivity index (χ1n) is 5.44. The summed E-state index contributed by atoms with van der Waals surface area (Å²) >= 11 is 0. The largest absolute Gasteiger partial charge is 0.329 e. The van der Waals surface area contributed by atoms with E-state index in [2.05, 4.69) is 0 Å². The van der Waals surface area contributed by atoms with Gasteiger partial charge in [-0.1, -0.05) is 12.1 Å². The smallest absolute Gasteiger partial charge is 0.295 e. The Bertz CT molecular complexity index is 801. The molecule has 0 fully saturated rings. The number of hydrogen-bond donors (Lipinski definition) is 1. The van der Waals surface area contributed by atoms with Gasteiger partial charge in [0.25, 0.3) is 5.91 Å². The highest BCUT2D eigenvalue weighted by molar-refractivity contribution is 7.89. The van der Waals surface area contributed by atoms with Crippen LogP contribution < -0.4 is 10.4 Å². The molecule has 0 spiro atoms. The normalized spacial score (nSPS) is 11.7. The van der Waals surface area contributed by atoms with E-state index in [-0.39, 0.29) is 12.2 Å². The second-order valence-corrected chi connectivity index (χ2v) is 5.96. The van der Waals surface area contributed by atoms with Gasteiger partial charge in [-0.15, -0.1) is 0 Å². The van der Waals surface area contributed by atoms with E-state index in [4.69, 9.17) is 0 Å². The first-order valence-corrected chi connectivity index (χ1v) is 7.33. The zero-order chi connectivity index (χ0) is 14.2. The summed E-state index contributed by atoms with van der Waals surface area (Å²) in [6.07, 6.45) is 0.886. The van der Waals surface area contributed by atoms with Gasteiger partial charge in [0.2, 0.25) is 10.0 Å². The van der Waals surface area contributed by atoms with Crippen LogP contribution in [0.5, 0.6) is 0 Å². The number of sulfonamides is 1. The van der Waals surface area contributed by atoms with E-state index in [9.17, 15) is 18.0 Å². The highest BCUT2D eigenvalue weighted by atomic mass is 32.2. The Hall–Kier alpha value is -2.09. The molecule has 1 amide bonds. The molecule has 19 heavy (non-hydrogen) atoms. The molecule has 2 rings (SSSR count). The monoisotopic (exact) mass is 283 g/mol. The minimum Gasteiger partial charge on any atom is -0.295 e. The molecule has 0 unspecified atom stereocenters. The number of rotatable bonds is 3. The molecule has 0 radical (unpaired) electrons. The molecule has 0 bridgehead atoms. The van der Waals surface area contributed by atoms with Crippen LogP contribution in [0, 0.1) is 0 Å².